The van der Waals surface area contributed by atoms with E-state index in [0.717, 1.165) is 0 Å². The number of amides is 2. The Morgan fingerprint density at radius 2 is 2.00 bits per heavy atom. The van der Waals surface area contributed by atoms with E-state index in [-0.39, 0.29) is 12.2 Å². The molecule has 2 amide bonds. The maximum absolute atomic E-state index is 12.1. The molecule has 0 unspecified atom stereocenters. The summed E-state index contributed by atoms with van der Waals surface area (Å²) in [5.41, 5.74) is 0.196. The van der Waals surface area contributed by atoms with Gasteiger partial charge in [0.2, 0.25) is 0 Å². The Morgan fingerprint density at radius 1 is 1.32 bits per heavy atom. The maximum Gasteiger partial charge on any atom is 0.319 e. The topological polar surface area (TPSA) is 118 Å². The summed E-state index contributed by atoms with van der Waals surface area (Å²) in [5.74, 6) is 1.25. The Kier molecular flexibility index (Phi) is 5.13. The van der Waals surface area contributed by atoms with E-state index in [1.807, 2.05) is 0 Å². The van der Waals surface area contributed by atoms with Gasteiger partial charge in [-0.3, -0.25) is 10.1 Å². The van der Waals surface area contributed by atoms with Crippen LogP contribution >= 0.6 is 0 Å². The maximum atomic E-state index is 12.1. The molecule has 8 heteroatoms. The van der Waals surface area contributed by atoms with E-state index in [1.54, 1.807) is 39.8 Å². The molecule has 1 aromatic carbocycles. The minimum absolute atomic E-state index is 0.0490. The average Bonchev–Trinajstić information content (AvgIpc) is 2.87. The predicted octanol–water partition coefficient (Wildman–Crippen LogP) is 3.14. The lowest BCUT2D eigenvalue weighted by Gasteiger charge is -2.23. The number of aliphatic hydroxyl groups is 1. The van der Waals surface area contributed by atoms with Crippen molar-refractivity contribution in [2.75, 3.05) is 11.9 Å². The van der Waals surface area contributed by atoms with Gasteiger partial charge in [-0.25, -0.2) is 4.79 Å². The number of aryl methyl sites for hydroxylation is 3. The van der Waals surface area contributed by atoms with Crippen molar-refractivity contribution >= 4 is 17.4 Å². The number of carbonyl (C=O) groups is 1. The van der Waals surface area contributed by atoms with Crippen molar-refractivity contribution < 1.29 is 19.2 Å². The number of carbonyl (C=O) groups excluding carboxylic acids is 1. The van der Waals surface area contributed by atoms with E-state index >= 15 is 0 Å². The Morgan fingerprint density at radius 3 is 2.56 bits per heavy atom. The third kappa shape index (κ3) is 4.36. The van der Waals surface area contributed by atoms with Gasteiger partial charge in [0.05, 0.1) is 17.2 Å². The highest BCUT2D eigenvalue weighted by molar-refractivity contribution is 5.90. The monoisotopic (exact) mass is 347 g/mol. The zero-order valence-corrected chi connectivity index (χ0v) is 14.5. The van der Waals surface area contributed by atoms with Crippen LogP contribution in [0.3, 0.4) is 0 Å². The second kappa shape index (κ2) is 6.94. The van der Waals surface area contributed by atoms with Crippen LogP contribution in [0.2, 0.25) is 0 Å². The summed E-state index contributed by atoms with van der Waals surface area (Å²) in [7, 11) is 0. The minimum atomic E-state index is -1.31. The lowest BCUT2D eigenvalue weighted by Crippen LogP contribution is -2.40. The van der Waals surface area contributed by atoms with Crippen LogP contribution in [0, 0.1) is 30.9 Å². The van der Waals surface area contributed by atoms with Crippen LogP contribution in [-0.4, -0.2) is 22.6 Å². The van der Waals surface area contributed by atoms with Crippen molar-refractivity contribution in [2.45, 2.75) is 33.3 Å². The fraction of sp³-hybridized carbons (Fsp3) is 0.353. The van der Waals surface area contributed by atoms with Crippen LogP contribution in [0.25, 0.3) is 0 Å². The number of nitrogens with zero attached hydrogens (tertiary/aromatic N) is 1. The SMILES string of the molecule is Cc1cc([C@](C)(O)CNC(=O)Nc2cc([N+](=O)[O-])ccc2C)c(C)o1. The first-order valence-electron chi connectivity index (χ1n) is 7.70. The number of nitro benzene ring substituents is 1. The number of nitro groups is 1. The van der Waals surface area contributed by atoms with Crippen molar-refractivity contribution in [1.82, 2.24) is 5.32 Å². The number of hydrogen-bond donors (Lipinski definition) is 3. The number of nitrogens with one attached hydrogen (secondary N) is 2. The van der Waals surface area contributed by atoms with Crippen molar-refractivity contribution in [2.24, 2.45) is 0 Å². The molecule has 2 aromatic rings. The number of hydrogen-bond acceptors (Lipinski definition) is 5. The highest BCUT2D eigenvalue weighted by atomic mass is 16.6. The van der Waals surface area contributed by atoms with E-state index in [0.29, 0.717) is 28.3 Å². The lowest BCUT2D eigenvalue weighted by atomic mass is 9.96. The third-order valence-corrected chi connectivity index (χ3v) is 3.89. The Bertz CT molecular complexity index is 811. The highest BCUT2D eigenvalue weighted by Crippen LogP contribution is 2.26. The van der Waals surface area contributed by atoms with E-state index in [9.17, 15) is 20.0 Å². The molecule has 0 saturated heterocycles. The second-order valence-corrected chi connectivity index (χ2v) is 6.16. The molecule has 2 rings (SSSR count). The van der Waals surface area contributed by atoms with Gasteiger partial charge in [0.1, 0.15) is 17.1 Å². The molecular formula is C17H21N3O5. The number of furan rings is 1. The molecule has 0 saturated carbocycles. The Balaban J connectivity index is 2.04. The van der Waals surface area contributed by atoms with Crippen molar-refractivity contribution in [1.29, 1.82) is 0 Å². The van der Waals surface area contributed by atoms with Gasteiger partial charge in [0.25, 0.3) is 5.69 Å². The van der Waals surface area contributed by atoms with Crippen molar-refractivity contribution in [3.8, 4) is 0 Å². The number of rotatable bonds is 5. The standard InChI is InChI=1S/C17H21N3O5/c1-10-5-6-13(20(23)24)8-15(10)19-16(21)18-9-17(4,22)14-7-11(2)25-12(14)3/h5-8,22H,9H2,1-4H3,(H2,18,19,21)/t17-/m1/s1. The number of urea groups is 1. The molecular weight excluding hydrogens is 326 g/mol. The smallest absolute Gasteiger partial charge is 0.319 e. The summed E-state index contributed by atoms with van der Waals surface area (Å²) >= 11 is 0. The molecule has 0 aliphatic rings. The zero-order valence-electron chi connectivity index (χ0n) is 14.5. The summed E-state index contributed by atoms with van der Waals surface area (Å²) in [6.45, 7) is 6.77. The van der Waals surface area contributed by atoms with Crippen LogP contribution in [0.4, 0.5) is 16.2 Å². The van der Waals surface area contributed by atoms with Gasteiger partial charge in [0, 0.05) is 17.7 Å². The van der Waals surface area contributed by atoms with Crippen LogP contribution in [0.5, 0.6) is 0 Å². The lowest BCUT2D eigenvalue weighted by molar-refractivity contribution is -0.384. The molecule has 134 valence electrons. The summed E-state index contributed by atoms with van der Waals surface area (Å²) in [5, 5.41) is 26.5. The molecule has 0 aliphatic heterocycles. The summed E-state index contributed by atoms with van der Waals surface area (Å²) in [6, 6.07) is 5.37. The molecule has 8 nitrogen and oxygen atoms in total. The van der Waals surface area contributed by atoms with Crippen molar-refractivity contribution in [3.63, 3.8) is 0 Å². The molecule has 1 aromatic heterocycles. The molecule has 3 N–H and O–H groups in total. The summed E-state index contributed by atoms with van der Waals surface area (Å²) < 4.78 is 5.40. The Hall–Kier alpha value is -2.87. The average molecular weight is 347 g/mol. The zero-order chi connectivity index (χ0) is 18.8. The highest BCUT2D eigenvalue weighted by Gasteiger charge is 2.28. The van der Waals surface area contributed by atoms with Gasteiger partial charge in [-0.15, -0.1) is 0 Å². The van der Waals surface area contributed by atoms with E-state index < -0.39 is 16.6 Å². The molecule has 0 fully saturated rings. The minimum Gasteiger partial charge on any atom is -0.466 e. The van der Waals surface area contributed by atoms with E-state index in [1.165, 1.54) is 12.1 Å². The molecule has 0 radical (unpaired) electrons. The van der Waals surface area contributed by atoms with Crippen LogP contribution in [0.15, 0.2) is 28.7 Å². The van der Waals surface area contributed by atoms with Gasteiger partial charge in [-0.2, -0.15) is 0 Å². The largest absolute Gasteiger partial charge is 0.466 e. The molecule has 25 heavy (non-hydrogen) atoms. The van der Waals surface area contributed by atoms with E-state index in [2.05, 4.69) is 10.6 Å². The number of non-ortho nitro benzene ring substituents is 1. The van der Waals surface area contributed by atoms with Crippen LogP contribution in [-0.2, 0) is 5.60 Å². The van der Waals surface area contributed by atoms with Gasteiger partial charge >= 0.3 is 6.03 Å². The summed E-state index contributed by atoms with van der Waals surface area (Å²) in [4.78, 5) is 22.4. The summed E-state index contributed by atoms with van der Waals surface area (Å²) in [6.07, 6.45) is 0. The predicted molar refractivity (Wildman–Crippen MR) is 92.6 cm³/mol. The molecule has 0 bridgehead atoms. The normalized spacial score (nSPS) is 13.2. The quantitative estimate of drug-likeness (QED) is 0.567. The van der Waals surface area contributed by atoms with Gasteiger partial charge < -0.3 is 20.2 Å². The molecule has 1 heterocycles. The van der Waals surface area contributed by atoms with E-state index in [4.69, 9.17) is 4.42 Å². The number of benzene rings is 1. The number of anilines is 1. The molecule has 0 aliphatic carbocycles. The third-order valence-electron chi connectivity index (χ3n) is 3.89. The first kappa shape index (κ1) is 18.5. The Labute approximate surface area is 145 Å². The molecule has 0 spiro atoms. The van der Waals surface area contributed by atoms with Crippen molar-refractivity contribution in [3.05, 3.63) is 57.0 Å². The van der Waals surface area contributed by atoms with Crippen LogP contribution < -0.4 is 10.6 Å². The van der Waals surface area contributed by atoms with Gasteiger partial charge in [-0.05, 0) is 39.3 Å². The second-order valence-electron chi connectivity index (χ2n) is 6.16. The first-order valence-corrected chi connectivity index (χ1v) is 7.70. The van der Waals surface area contributed by atoms with Crippen LogP contribution in [0.1, 0.15) is 29.6 Å². The van der Waals surface area contributed by atoms with Gasteiger partial charge in [0.15, 0.2) is 0 Å². The fourth-order valence-electron chi connectivity index (χ4n) is 2.54. The fourth-order valence-corrected chi connectivity index (χ4v) is 2.54. The van der Waals surface area contributed by atoms with Gasteiger partial charge in [-0.1, -0.05) is 6.07 Å². The first-order chi connectivity index (χ1) is 11.6. The molecule has 1 atom stereocenters.